The number of nitrogens with zero attached hydrogens (tertiary/aromatic N) is 2. The highest BCUT2D eigenvalue weighted by Crippen LogP contribution is 2.26. The molecule has 1 aromatic heterocycles. The molecule has 0 aliphatic rings. The van der Waals surface area contributed by atoms with Crippen LogP contribution in [0, 0.1) is 0 Å². The second-order valence-electron chi connectivity index (χ2n) is 3.73. The Balaban J connectivity index is 2.75. The topological polar surface area (TPSA) is 53.4 Å². The van der Waals surface area contributed by atoms with Gasteiger partial charge in [0, 0.05) is 25.7 Å². The lowest BCUT2D eigenvalue weighted by Crippen LogP contribution is -2.22. The zero-order valence-corrected chi connectivity index (χ0v) is 9.14. The summed E-state index contributed by atoms with van der Waals surface area (Å²) >= 11 is 0. The van der Waals surface area contributed by atoms with E-state index in [1.54, 1.807) is 32.4 Å². The molecule has 1 N–H and O–H groups in total. The van der Waals surface area contributed by atoms with Gasteiger partial charge in [-0.15, -0.1) is 0 Å². The van der Waals surface area contributed by atoms with Gasteiger partial charge in [-0.2, -0.15) is 0 Å². The molecule has 0 saturated heterocycles. The van der Waals surface area contributed by atoms with Crippen LogP contribution in [0.5, 0.6) is 5.75 Å². The van der Waals surface area contributed by atoms with E-state index in [1.807, 2.05) is 6.07 Å². The zero-order valence-electron chi connectivity index (χ0n) is 9.14. The molecule has 1 aromatic carbocycles. The van der Waals surface area contributed by atoms with Crippen molar-refractivity contribution < 1.29 is 9.90 Å². The van der Waals surface area contributed by atoms with E-state index in [2.05, 4.69) is 4.98 Å². The fraction of sp³-hybridized carbons (Fsp3) is 0.167. The summed E-state index contributed by atoms with van der Waals surface area (Å²) < 4.78 is 0. The molecule has 1 amide bonds. The van der Waals surface area contributed by atoms with E-state index in [1.165, 1.54) is 11.0 Å². The highest BCUT2D eigenvalue weighted by molar-refractivity contribution is 6.07. The fourth-order valence-electron chi connectivity index (χ4n) is 1.57. The van der Waals surface area contributed by atoms with Crippen LogP contribution in [-0.4, -0.2) is 35.0 Å². The van der Waals surface area contributed by atoms with Gasteiger partial charge in [0.05, 0.1) is 5.52 Å². The number of amides is 1. The number of aromatic hydroxyl groups is 1. The van der Waals surface area contributed by atoms with E-state index < -0.39 is 0 Å². The van der Waals surface area contributed by atoms with Crippen molar-refractivity contribution in [1.82, 2.24) is 9.88 Å². The number of hydrogen-bond acceptors (Lipinski definition) is 3. The molecule has 0 fully saturated rings. The fourth-order valence-corrected chi connectivity index (χ4v) is 1.57. The molecule has 2 aromatic rings. The molecule has 0 bridgehead atoms. The quantitative estimate of drug-likeness (QED) is 0.788. The first-order valence-electron chi connectivity index (χ1n) is 4.89. The molecule has 0 unspecified atom stereocenters. The first kappa shape index (κ1) is 10.4. The Morgan fingerprint density at radius 2 is 2.06 bits per heavy atom. The molecule has 0 saturated carbocycles. The molecule has 4 nitrogen and oxygen atoms in total. The molecule has 0 aliphatic heterocycles. The van der Waals surface area contributed by atoms with Gasteiger partial charge in [0.2, 0.25) is 0 Å². The van der Waals surface area contributed by atoms with E-state index >= 15 is 0 Å². The summed E-state index contributed by atoms with van der Waals surface area (Å²) in [5.41, 5.74) is 0.782. The average Bonchev–Trinajstić information content (AvgIpc) is 2.28. The Bertz CT molecular complexity index is 550. The van der Waals surface area contributed by atoms with Crippen LogP contribution >= 0.6 is 0 Å². The van der Waals surface area contributed by atoms with Gasteiger partial charge in [-0.3, -0.25) is 9.78 Å². The smallest absolute Gasteiger partial charge is 0.259 e. The van der Waals surface area contributed by atoms with Crippen molar-refractivity contribution in [2.75, 3.05) is 14.1 Å². The second kappa shape index (κ2) is 3.81. The molecule has 0 atom stereocenters. The van der Waals surface area contributed by atoms with Gasteiger partial charge >= 0.3 is 0 Å². The predicted molar refractivity (Wildman–Crippen MR) is 61.4 cm³/mol. The molecule has 1 heterocycles. The predicted octanol–water partition coefficient (Wildman–Crippen LogP) is 1.64. The maximum atomic E-state index is 11.9. The minimum Gasteiger partial charge on any atom is -0.507 e. The summed E-state index contributed by atoms with van der Waals surface area (Å²) in [6, 6.07) is 6.91. The van der Waals surface area contributed by atoms with Gasteiger partial charge < -0.3 is 10.0 Å². The van der Waals surface area contributed by atoms with Gasteiger partial charge in [-0.25, -0.2) is 0 Å². The van der Waals surface area contributed by atoms with Crippen molar-refractivity contribution in [1.29, 1.82) is 0 Å². The lowest BCUT2D eigenvalue weighted by atomic mass is 10.1. The summed E-state index contributed by atoms with van der Waals surface area (Å²) in [5.74, 6) is -0.285. The van der Waals surface area contributed by atoms with Crippen LogP contribution in [0.3, 0.4) is 0 Å². The standard InChI is InChI=1S/C12H12N2O2/c1-14(2)12(16)10-9(15)6-5-8-4-3-7-13-11(8)10/h3-7,15H,1-2H3. The van der Waals surface area contributed by atoms with Gasteiger partial charge in [0.15, 0.2) is 0 Å². The number of aromatic nitrogens is 1. The van der Waals surface area contributed by atoms with Crippen LogP contribution in [0.15, 0.2) is 30.5 Å². The lowest BCUT2D eigenvalue weighted by Gasteiger charge is -2.13. The van der Waals surface area contributed by atoms with Gasteiger partial charge in [0.25, 0.3) is 5.91 Å². The normalized spacial score (nSPS) is 10.4. The monoisotopic (exact) mass is 216 g/mol. The molecule has 0 aliphatic carbocycles. The van der Waals surface area contributed by atoms with Gasteiger partial charge in [0.1, 0.15) is 11.3 Å². The molecular formula is C12H12N2O2. The number of carbonyl (C=O) groups is 1. The molecule has 4 heteroatoms. The van der Waals surface area contributed by atoms with Crippen LogP contribution in [0.1, 0.15) is 10.4 Å². The molecule has 0 radical (unpaired) electrons. The molecule has 82 valence electrons. The van der Waals surface area contributed by atoms with E-state index in [9.17, 15) is 9.90 Å². The van der Waals surface area contributed by atoms with Crippen molar-refractivity contribution in [2.24, 2.45) is 0 Å². The zero-order chi connectivity index (χ0) is 11.7. The number of phenols is 1. The first-order valence-corrected chi connectivity index (χ1v) is 4.89. The number of fused-ring (bicyclic) bond motifs is 1. The highest BCUT2D eigenvalue weighted by atomic mass is 16.3. The Kier molecular flexibility index (Phi) is 2.48. The van der Waals surface area contributed by atoms with Gasteiger partial charge in [-0.1, -0.05) is 6.07 Å². The van der Waals surface area contributed by atoms with Gasteiger partial charge in [-0.05, 0) is 18.2 Å². The molecule has 16 heavy (non-hydrogen) atoms. The average molecular weight is 216 g/mol. The van der Waals surface area contributed by atoms with Crippen LogP contribution in [0.25, 0.3) is 10.9 Å². The third-order valence-corrected chi connectivity index (χ3v) is 2.37. The minimum atomic E-state index is -0.248. The summed E-state index contributed by atoms with van der Waals surface area (Å²) in [5, 5.41) is 10.6. The summed E-state index contributed by atoms with van der Waals surface area (Å²) in [7, 11) is 3.28. The number of pyridine rings is 1. The van der Waals surface area contributed by atoms with E-state index in [0.717, 1.165) is 5.39 Å². The van der Waals surface area contributed by atoms with Crippen molar-refractivity contribution in [3.63, 3.8) is 0 Å². The highest BCUT2D eigenvalue weighted by Gasteiger charge is 2.17. The number of carbonyl (C=O) groups excluding carboxylic acids is 1. The number of rotatable bonds is 1. The largest absolute Gasteiger partial charge is 0.507 e. The molecule has 0 spiro atoms. The Morgan fingerprint density at radius 1 is 1.31 bits per heavy atom. The SMILES string of the molecule is CN(C)C(=O)c1c(O)ccc2cccnc12. The van der Waals surface area contributed by atoms with Crippen LogP contribution < -0.4 is 0 Å². The summed E-state index contributed by atoms with van der Waals surface area (Å²) in [6.07, 6.45) is 1.61. The van der Waals surface area contributed by atoms with Crippen LogP contribution in [-0.2, 0) is 0 Å². The Hall–Kier alpha value is -2.10. The van der Waals surface area contributed by atoms with E-state index in [4.69, 9.17) is 0 Å². The van der Waals surface area contributed by atoms with Crippen molar-refractivity contribution >= 4 is 16.8 Å². The number of benzene rings is 1. The van der Waals surface area contributed by atoms with Crippen LogP contribution in [0.4, 0.5) is 0 Å². The maximum absolute atomic E-state index is 11.9. The molecular weight excluding hydrogens is 204 g/mol. The van der Waals surface area contributed by atoms with E-state index in [0.29, 0.717) is 5.52 Å². The van der Waals surface area contributed by atoms with Crippen molar-refractivity contribution in [2.45, 2.75) is 0 Å². The minimum absolute atomic E-state index is 0.0371. The first-order chi connectivity index (χ1) is 7.61. The summed E-state index contributed by atoms with van der Waals surface area (Å²) in [4.78, 5) is 17.5. The number of phenolic OH excluding ortho intramolecular Hbond substituents is 1. The second-order valence-corrected chi connectivity index (χ2v) is 3.73. The third-order valence-electron chi connectivity index (χ3n) is 2.37. The number of hydrogen-bond donors (Lipinski definition) is 1. The lowest BCUT2D eigenvalue weighted by molar-refractivity contribution is 0.0826. The third kappa shape index (κ3) is 1.58. The van der Waals surface area contributed by atoms with Crippen LogP contribution in [0.2, 0.25) is 0 Å². The summed E-state index contributed by atoms with van der Waals surface area (Å²) in [6.45, 7) is 0. The molecule has 2 rings (SSSR count). The van der Waals surface area contributed by atoms with E-state index in [-0.39, 0.29) is 17.2 Å². The Morgan fingerprint density at radius 3 is 2.75 bits per heavy atom. The Labute approximate surface area is 93.1 Å². The van der Waals surface area contributed by atoms with Crippen molar-refractivity contribution in [3.05, 3.63) is 36.0 Å². The van der Waals surface area contributed by atoms with Crippen molar-refractivity contribution in [3.8, 4) is 5.75 Å². The maximum Gasteiger partial charge on any atom is 0.259 e.